The van der Waals surface area contributed by atoms with Gasteiger partial charge in [0.2, 0.25) is 0 Å². The second kappa shape index (κ2) is 7.19. The number of oxazole rings is 1. The molecule has 2 rings (SSSR count). The van der Waals surface area contributed by atoms with Crippen LogP contribution >= 0.6 is 11.6 Å². The van der Waals surface area contributed by atoms with Gasteiger partial charge >= 0.3 is 29.6 Å². The third-order valence-corrected chi connectivity index (χ3v) is 3.61. The first kappa shape index (κ1) is 19.9. The Kier molecular flexibility index (Phi) is 6.23. The van der Waals surface area contributed by atoms with Crippen LogP contribution in [0, 0.1) is 12.3 Å². The van der Waals surface area contributed by atoms with Gasteiger partial charge in [-0.3, -0.25) is 10.0 Å². The van der Waals surface area contributed by atoms with E-state index >= 15 is 0 Å². The second-order valence-electron chi connectivity index (χ2n) is 5.42. The molecule has 0 aliphatic rings. The van der Waals surface area contributed by atoms with Gasteiger partial charge in [0, 0.05) is 18.0 Å². The van der Waals surface area contributed by atoms with E-state index in [0.717, 1.165) is 13.8 Å². The summed E-state index contributed by atoms with van der Waals surface area (Å²) in [5.41, 5.74) is -0.433. The van der Waals surface area contributed by atoms with Crippen molar-refractivity contribution in [1.82, 2.24) is 10.0 Å². The second-order valence-corrected chi connectivity index (χ2v) is 5.83. The van der Waals surface area contributed by atoms with Crippen molar-refractivity contribution < 1.29 is 53.9 Å². The van der Waals surface area contributed by atoms with Crippen molar-refractivity contribution in [1.29, 1.82) is 0 Å². The van der Waals surface area contributed by atoms with E-state index in [2.05, 4.69) is 4.98 Å². The van der Waals surface area contributed by atoms with E-state index in [1.165, 1.54) is 6.07 Å². The van der Waals surface area contributed by atoms with Crippen LogP contribution in [0.25, 0.3) is 11.1 Å². The number of fused-ring (bicyclic) bond motifs is 1. The van der Waals surface area contributed by atoms with Crippen LogP contribution in [-0.4, -0.2) is 27.1 Å². The number of aromatic nitrogens is 1. The zero-order valence-electron chi connectivity index (χ0n) is 13.2. The van der Waals surface area contributed by atoms with Crippen molar-refractivity contribution in [2.24, 2.45) is 5.41 Å². The van der Waals surface area contributed by atoms with Gasteiger partial charge in [0.05, 0.1) is 17.9 Å². The summed E-state index contributed by atoms with van der Waals surface area (Å²) in [6.07, 6.45) is 0. The Morgan fingerprint density at radius 3 is 2.61 bits per heavy atom. The largest absolute Gasteiger partial charge is 1.00 e. The molecule has 1 aromatic carbocycles. The van der Waals surface area contributed by atoms with Crippen molar-refractivity contribution in [2.45, 2.75) is 27.3 Å². The number of aliphatic carboxylic acids is 1. The molecule has 0 saturated carbocycles. The predicted octanol–water partition coefficient (Wildman–Crippen LogP) is -1.71. The maximum Gasteiger partial charge on any atom is 1.00 e. The predicted molar refractivity (Wildman–Crippen MR) is 74.9 cm³/mol. The fourth-order valence-corrected chi connectivity index (χ4v) is 2.09. The molecule has 1 aromatic heterocycles. The van der Waals surface area contributed by atoms with E-state index in [9.17, 15) is 19.9 Å². The van der Waals surface area contributed by atoms with Gasteiger partial charge < -0.3 is 14.3 Å². The molecule has 0 aliphatic heterocycles. The third kappa shape index (κ3) is 4.05. The molecule has 1 N–H and O–H groups in total. The number of hydrogen-bond donors (Lipinski definition) is 1. The fraction of sp³-hybridized carbons (Fsp3) is 0.357. The van der Waals surface area contributed by atoms with Gasteiger partial charge in [-0.25, -0.2) is 10.0 Å². The molecule has 0 aliphatic carbocycles. The SMILES string of the molecule is Cc1nc2cc(CN(O)C(=O)C(C)(C)C(=O)[O-])c(Cl)cc2o1.[Na+]. The summed E-state index contributed by atoms with van der Waals surface area (Å²) in [4.78, 5) is 27.0. The maximum atomic E-state index is 12.0. The number of rotatable bonds is 4. The first-order valence-electron chi connectivity index (χ1n) is 6.40. The molecule has 0 fully saturated rings. The van der Waals surface area contributed by atoms with Gasteiger partial charge in [-0.15, -0.1) is 0 Å². The molecule has 7 nitrogen and oxygen atoms in total. The van der Waals surface area contributed by atoms with Crippen molar-refractivity contribution in [3.05, 3.63) is 28.6 Å². The maximum absolute atomic E-state index is 12.0. The van der Waals surface area contributed by atoms with Crippen LogP contribution in [0.4, 0.5) is 0 Å². The molecule has 1 amide bonds. The number of benzene rings is 1. The summed E-state index contributed by atoms with van der Waals surface area (Å²) in [5, 5.41) is 21.4. The number of amides is 1. The van der Waals surface area contributed by atoms with E-state index in [4.69, 9.17) is 16.0 Å². The number of hydrogen-bond acceptors (Lipinski definition) is 6. The van der Waals surface area contributed by atoms with E-state index in [1.54, 1.807) is 13.0 Å². The minimum absolute atomic E-state index is 0. The zero-order valence-corrected chi connectivity index (χ0v) is 16.0. The monoisotopic (exact) mass is 348 g/mol. The summed E-state index contributed by atoms with van der Waals surface area (Å²) in [5.74, 6) is -2.12. The quantitative estimate of drug-likeness (QED) is 0.305. The molecule has 0 saturated heterocycles. The standard InChI is InChI=1S/C14H15ClN2O5.Na/c1-7-16-10-4-8(9(15)5-11(10)22-7)6-17(21)12(18)14(2,3)13(19)20;/h4-5,21H,6H2,1-3H3,(H,19,20);/q;+1/p-1. The number of halogens is 1. The Labute approximate surface area is 159 Å². The number of aryl methyl sites for hydroxylation is 1. The van der Waals surface area contributed by atoms with Gasteiger partial charge in [0.1, 0.15) is 5.52 Å². The van der Waals surface area contributed by atoms with Crippen LogP contribution in [0.2, 0.25) is 5.02 Å². The Hall–Kier alpha value is -1.12. The van der Waals surface area contributed by atoms with E-state index in [1.807, 2.05) is 0 Å². The van der Waals surface area contributed by atoms with Gasteiger partial charge in [-0.2, -0.15) is 0 Å². The molecule has 2 aromatic rings. The summed E-state index contributed by atoms with van der Waals surface area (Å²) in [6, 6.07) is 3.09. The van der Waals surface area contributed by atoms with Gasteiger partial charge in [-0.05, 0) is 25.5 Å². The molecular formula is C14H14ClN2NaO5. The van der Waals surface area contributed by atoms with E-state index in [-0.39, 0.29) is 41.1 Å². The molecule has 0 unspecified atom stereocenters. The summed E-state index contributed by atoms with van der Waals surface area (Å²) < 4.78 is 5.32. The molecule has 0 radical (unpaired) electrons. The van der Waals surface area contributed by atoms with Crippen LogP contribution in [0.1, 0.15) is 25.3 Å². The Balaban J connectivity index is 0.00000264. The Bertz CT molecular complexity index is 759. The van der Waals surface area contributed by atoms with Gasteiger partial charge in [0.15, 0.2) is 11.5 Å². The number of nitrogens with zero attached hydrogens (tertiary/aromatic N) is 2. The number of hydroxylamine groups is 2. The fourth-order valence-electron chi connectivity index (χ4n) is 1.87. The van der Waals surface area contributed by atoms with Crippen LogP contribution in [0.3, 0.4) is 0 Å². The average Bonchev–Trinajstić information content (AvgIpc) is 2.77. The third-order valence-electron chi connectivity index (χ3n) is 3.26. The van der Waals surface area contributed by atoms with Gasteiger partial charge in [0.25, 0.3) is 5.91 Å². The minimum Gasteiger partial charge on any atom is -0.549 e. The molecule has 1 heterocycles. The van der Waals surface area contributed by atoms with Crippen LogP contribution in [-0.2, 0) is 16.1 Å². The molecule has 0 bridgehead atoms. The molecule has 118 valence electrons. The summed E-state index contributed by atoms with van der Waals surface area (Å²) >= 11 is 6.07. The number of carboxylic acid groups (broad SMARTS) is 1. The number of carboxylic acids is 1. The first-order valence-corrected chi connectivity index (χ1v) is 6.78. The van der Waals surface area contributed by atoms with E-state index < -0.39 is 17.3 Å². The molecule has 9 heteroatoms. The number of carbonyl (C=O) groups is 2. The van der Waals surface area contributed by atoms with Crippen molar-refractivity contribution in [2.75, 3.05) is 0 Å². The summed E-state index contributed by atoms with van der Waals surface area (Å²) in [6.45, 7) is 3.70. The van der Waals surface area contributed by atoms with E-state index in [0.29, 0.717) is 27.6 Å². The first-order chi connectivity index (χ1) is 10.1. The summed E-state index contributed by atoms with van der Waals surface area (Å²) in [7, 11) is 0. The van der Waals surface area contributed by atoms with Gasteiger partial charge in [-0.1, -0.05) is 11.6 Å². The van der Waals surface area contributed by atoms with Crippen molar-refractivity contribution >= 4 is 34.6 Å². The topological polar surface area (TPSA) is 107 Å². The normalized spacial score (nSPS) is 11.2. The van der Waals surface area contributed by atoms with Crippen molar-refractivity contribution in [3.8, 4) is 0 Å². The van der Waals surface area contributed by atoms with Crippen molar-refractivity contribution in [3.63, 3.8) is 0 Å². The van der Waals surface area contributed by atoms with Crippen LogP contribution in [0.5, 0.6) is 0 Å². The molecule has 0 spiro atoms. The smallest absolute Gasteiger partial charge is 0.549 e. The number of carbonyl (C=O) groups excluding carboxylic acids is 2. The molecule has 23 heavy (non-hydrogen) atoms. The zero-order chi connectivity index (χ0) is 16.7. The minimum atomic E-state index is -1.85. The van der Waals surface area contributed by atoms with Crippen LogP contribution in [0.15, 0.2) is 16.5 Å². The molecule has 0 atom stereocenters. The molecular weight excluding hydrogens is 335 g/mol. The average molecular weight is 349 g/mol. The Morgan fingerprint density at radius 1 is 1.43 bits per heavy atom. The van der Waals surface area contributed by atoms with Crippen LogP contribution < -0.4 is 34.7 Å². The Morgan fingerprint density at radius 2 is 2.04 bits per heavy atom.